The highest BCUT2D eigenvalue weighted by molar-refractivity contribution is 5.90. The van der Waals surface area contributed by atoms with Crippen LogP contribution in [0.2, 0.25) is 0 Å². The number of aromatic nitrogens is 1. The minimum Gasteiger partial charge on any atom is -0.360 e. The van der Waals surface area contributed by atoms with Crippen molar-refractivity contribution >= 4 is 11.7 Å². The lowest BCUT2D eigenvalue weighted by atomic mass is 9.92. The first kappa shape index (κ1) is 13.1. The summed E-state index contributed by atoms with van der Waals surface area (Å²) in [5.41, 5.74) is 0. The lowest BCUT2D eigenvalue weighted by Crippen LogP contribution is -3.15. The second-order valence-electron chi connectivity index (χ2n) is 5.65. The molecule has 2 rings (SSSR count). The van der Waals surface area contributed by atoms with E-state index in [4.69, 9.17) is 4.52 Å². The number of anilines is 1. The maximum absolute atomic E-state index is 11.9. The average Bonchev–Trinajstić information content (AvgIpc) is 2.61. The van der Waals surface area contributed by atoms with Crippen LogP contribution in [0.15, 0.2) is 10.6 Å². The lowest BCUT2D eigenvalue weighted by Gasteiger charge is -2.31. The Morgan fingerprint density at radius 1 is 1.50 bits per heavy atom. The molecule has 2 N–H and O–H groups in total. The lowest BCUT2D eigenvalue weighted by molar-refractivity contribution is -0.904. The van der Waals surface area contributed by atoms with Gasteiger partial charge in [0.25, 0.3) is 5.91 Å². The van der Waals surface area contributed by atoms with E-state index in [0.29, 0.717) is 30.0 Å². The molecule has 100 valence electrons. The number of amides is 1. The number of nitrogens with one attached hydrogen (secondary N) is 2. The summed E-state index contributed by atoms with van der Waals surface area (Å²) in [7, 11) is 0. The number of quaternary nitrogens is 1. The van der Waals surface area contributed by atoms with Crippen molar-refractivity contribution in [3.63, 3.8) is 0 Å². The molecule has 0 radical (unpaired) electrons. The Morgan fingerprint density at radius 2 is 2.17 bits per heavy atom. The van der Waals surface area contributed by atoms with Crippen LogP contribution in [0.1, 0.15) is 26.0 Å². The van der Waals surface area contributed by atoms with E-state index in [0.717, 1.165) is 13.1 Å². The van der Waals surface area contributed by atoms with Crippen LogP contribution >= 0.6 is 0 Å². The monoisotopic (exact) mass is 252 g/mol. The van der Waals surface area contributed by atoms with E-state index in [1.807, 2.05) is 6.92 Å². The highest BCUT2D eigenvalue weighted by Crippen LogP contribution is 2.12. The van der Waals surface area contributed by atoms with Crippen molar-refractivity contribution in [1.29, 1.82) is 0 Å². The molecule has 0 unspecified atom stereocenters. The fraction of sp³-hybridized carbons (Fsp3) is 0.692. The van der Waals surface area contributed by atoms with Crippen molar-refractivity contribution in [3.05, 3.63) is 11.8 Å². The van der Waals surface area contributed by atoms with Gasteiger partial charge in [-0.3, -0.25) is 4.79 Å². The van der Waals surface area contributed by atoms with Crippen molar-refractivity contribution in [1.82, 2.24) is 5.16 Å². The molecule has 0 spiro atoms. The number of nitrogens with zero attached hydrogens (tertiary/aromatic N) is 1. The molecule has 2 heterocycles. The van der Waals surface area contributed by atoms with E-state index in [1.165, 1.54) is 11.3 Å². The third kappa shape index (κ3) is 3.57. The van der Waals surface area contributed by atoms with Crippen LogP contribution in [0.5, 0.6) is 0 Å². The number of aryl methyl sites for hydroxylation is 1. The molecule has 1 aliphatic rings. The molecule has 1 saturated heterocycles. The van der Waals surface area contributed by atoms with Crippen molar-refractivity contribution in [2.75, 3.05) is 25.0 Å². The Kier molecular flexibility index (Phi) is 4.01. The van der Waals surface area contributed by atoms with Gasteiger partial charge in [-0.25, -0.2) is 0 Å². The Bertz CT molecular complexity index is 406. The van der Waals surface area contributed by atoms with Crippen LogP contribution in [0.3, 0.4) is 0 Å². The van der Waals surface area contributed by atoms with Gasteiger partial charge in [0, 0.05) is 17.9 Å². The summed E-state index contributed by atoms with van der Waals surface area (Å²) in [6.07, 6.45) is 1.27. The van der Waals surface area contributed by atoms with E-state index in [-0.39, 0.29) is 5.91 Å². The predicted molar refractivity (Wildman–Crippen MR) is 68.4 cm³/mol. The predicted octanol–water partition coefficient (Wildman–Crippen LogP) is 0.482. The highest BCUT2D eigenvalue weighted by Gasteiger charge is 2.26. The van der Waals surface area contributed by atoms with Crippen LogP contribution in [-0.4, -0.2) is 30.7 Å². The fourth-order valence-electron chi connectivity index (χ4n) is 2.91. The maximum atomic E-state index is 11.9. The molecule has 0 saturated carbocycles. The summed E-state index contributed by atoms with van der Waals surface area (Å²) < 4.78 is 4.92. The molecule has 0 aliphatic carbocycles. The zero-order valence-corrected chi connectivity index (χ0v) is 11.3. The molecule has 0 bridgehead atoms. The fourth-order valence-corrected chi connectivity index (χ4v) is 2.91. The molecule has 1 aromatic heterocycles. The van der Waals surface area contributed by atoms with Crippen LogP contribution in [-0.2, 0) is 4.79 Å². The van der Waals surface area contributed by atoms with Gasteiger partial charge in [-0.15, -0.1) is 0 Å². The number of piperidine rings is 1. The van der Waals surface area contributed by atoms with Gasteiger partial charge in [0.05, 0.1) is 13.1 Å². The van der Waals surface area contributed by atoms with Crippen LogP contribution < -0.4 is 10.2 Å². The average molecular weight is 252 g/mol. The van der Waals surface area contributed by atoms with Crippen LogP contribution in [0, 0.1) is 18.8 Å². The van der Waals surface area contributed by atoms with Gasteiger partial charge in [0.1, 0.15) is 5.76 Å². The van der Waals surface area contributed by atoms with Crippen molar-refractivity contribution < 1.29 is 14.2 Å². The standard InChI is InChI=1S/C13H21N3O2/c1-9-4-10(2)7-16(6-9)8-13(17)14-12-5-11(3)18-15-12/h5,9-10H,4,6-8H2,1-3H3,(H,14,15,17)/p+1/t9-,10-/m0/s1. The summed E-state index contributed by atoms with van der Waals surface area (Å²) in [6, 6.07) is 1.73. The van der Waals surface area contributed by atoms with E-state index in [9.17, 15) is 4.79 Å². The molecule has 1 aromatic rings. The van der Waals surface area contributed by atoms with Crippen LogP contribution in [0.25, 0.3) is 0 Å². The first-order valence-electron chi connectivity index (χ1n) is 6.59. The highest BCUT2D eigenvalue weighted by atomic mass is 16.5. The summed E-state index contributed by atoms with van der Waals surface area (Å²) in [6.45, 7) is 9.00. The first-order valence-corrected chi connectivity index (χ1v) is 6.59. The number of likely N-dealkylation sites (tertiary alicyclic amines) is 1. The molecule has 5 heteroatoms. The largest absolute Gasteiger partial charge is 0.360 e. The second kappa shape index (κ2) is 5.52. The first-order chi connectivity index (χ1) is 8.52. The summed E-state index contributed by atoms with van der Waals surface area (Å²) in [5.74, 6) is 2.63. The summed E-state index contributed by atoms with van der Waals surface area (Å²) >= 11 is 0. The van der Waals surface area contributed by atoms with Crippen molar-refractivity contribution in [3.8, 4) is 0 Å². The summed E-state index contributed by atoms with van der Waals surface area (Å²) in [4.78, 5) is 13.2. The topological polar surface area (TPSA) is 59.6 Å². The van der Waals surface area contributed by atoms with Crippen molar-refractivity contribution in [2.24, 2.45) is 11.8 Å². The minimum atomic E-state index is 0.0135. The molecule has 1 fully saturated rings. The van der Waals surface area contributed by atoms with Gasteiger partial charge in [0.2, 0.25) is 0 Å². The van der Waals surface area contributed by atoms with Gasteiger partial charge in [-0.05, 0) is 13.3 Å². The molecule has 1 amide bonds. The number of carbonyl (C=O) groups excluding carboxylic acids is 1. The Balaban J connectivity index is 1.83. The Morgan fingerprint density at radius 3 is 2.72 bits per heavy atom. The number of rotatable bonds is 3. The molecule has 2 atom stereocenters. The normalized spacial score (nSPS) is 28.1. The Hall–Kier alpha value is -1.36. The van der Waals surface area contributed by atoms with Gasteiger partial charge in [-0.2, -0.15) is 0 Å². The molecule has 1 aliphatic heterocycles. The smallest absolute Gasteiger partial charge is 0.280 e. The van der Waals surface area contributed by atoms with E-state index < -0.39 is 0 Å². The third-order valence-corrected chi connectivity index (χ3v) is 3.39. The molecule has 0 aromatic carbocycles. The van der Waals surface area contributed by atoms with Crippen molar-refractivity contribution in [2.45, 2.75) is 27.2 Å². The van der Waals surface area contributed by atoms with E-state index in [2.05, 4.69) is 24.3 Å². The molecule has 5 nitrogen and oxygen atoms in total. The van der Waals surface area contributed by atoms with Gasteiger partial charge >= 0.3 is 0 Å². The Labute approximate surface area is 108 Å². The zero-order chi connectivity index (χ0) is 13.1. The molecular weight excluding hydrogens is 230 g/mol. The summed E-state index contributed by atoms with van der Waals surface area (Å²) in [5, 5.41) is 6.54. The number of hydrogen-bond acceptors (Lipinski definition) is 3. The van der Waals surface area contributed by atoms with Gasteiger partial charge in [0.15, 0.2) is 12.4 Å². The second-order valence-corrected chi connectivity index (χ2v) is 5.65. The number of hydrogen-bond donors (Lipinski definition) is 2. The van der Waals surface area contributed by atoms with E-state index in [1.54, 1.807) is 6.07 Å². The zero-order valence-electron chi connectivity index (χ0n) is 11.3. The minimum absolute atomic E-state index is 0.0135. The van der Waals surface area contributed by atoms with E-state index >= 15 is 0 Å². The quantitative estimate of drug-likeness (QED) is 0.822. The van der Waals surface area contributed by atoms with Gasteiger partial charge < -0.3 is 14.7 Å². The molecule has 18 heavy (non-hydrogen) atoms. The molecular formula is C13H22N3O2+. The maximum Gasteiger partial charge on any atom is 0.280 e. The SMILES string of the molecule is Cc1cc(NC(=O)C[NH+]2C[C@@H](C)C[C@H](C)C2)no1. The van der Waals surface area contributed by atoms with Crippen LogP contribution in [0.4, 0.5) is 5.82 Å². The van der Waals surface area contributed by atoms with Gasteiger partial charge in [-0.1, -0.05) is 19.0 Å². The number of carbonyl (C=O) groups is 1. The third-order valence-electron chi connectivity index (χ3n) is 3.39.